The Morgan fingerprint density at radius 1 is 1.09 bits per heavy atom. The molecule has 4 nitrogen and oxygen atoms in total. The number of ketones is 1. The lowest BCUT2D eigenvalue weighted by Gasteiger charge is -2.36. The molecule has 1 aromatic rings. The van der Waals surface area contributed by atoms with Crippen molar-refractivity contribution in [2.24, 2.45) is 0 Å². The summed E-state index contributed by atoms with van der Waals surface area (Å²) in [4.78, 5) is 23.3. The van der Waals surface area contributed by atoms with E-state index in [2.05, 4.69) is 33.9 Å². The maximum absolute atomic E-state index is 12.0. The summed E-state index contributed by atoms with van der Waals surface area (Å²) in [5.74, 6) is -0.705. The largest absolute Gasteiger partial charge is 0.466 e. The summed E-state index contributed by atoms with van der Waals surface area (Å²) in [7, 11) is -1.78. The van der Waals surface area contributed by atoms with Crippen LogP contribution < -0.4 is 0 Å². The molecule has 5 heteroatoms. The average Bonchev–Trinajstić information content (AvgIpc) is 2.44. The summed E-state index contributed by atoms with van der Waals surface area (Å²) in [5.41, 5.74) is 1.55. The first-order chi connectivity index (χ1) is 10.6. The van der Waals surface area contributed by atoms with Crippen LogP contribution in [0.4, 0.5) is 0 Å². The molecule has 0 N–H and O–H groups in total. The predicted octanol–water partition coefficient (Wildman–Crippen LogP) is 4.34. The molecular weight excluding hydrogens is 308 g/mol. The molecule has 23 heavy (non-hydrogen) atoms. The van der Waals surface area contributed by atoms with Gasteiger partial charge in [0.05, 0.1) is 13.2 Å². The summed E-state index contributed by atoms with van der Waals surface area (Å²) in [6, 6.07) is 7.24. The van der Waals surface area contributed by atoms with Crippen LogP contribution in [-0.2, 0) is 20.6 Å². The van der Waals surface area contributed by atoms with Crippen LogP contribution in [0.25, 0.3) is 0 Å². The molecule has 0 aliphatic carbocycles. The topological polar surface area (TPSA) is 52.6 Å². The van der Waals surface area contributed by atoms with Gasteiger partial charge in [-0.05, 0) is 30.6 Å². The molecule has 1 aromatic carbocycles. The minimum absolute atomic E-state index is 0.169. The van der Waals surface area contributed by atoms with E-state index in [9.17, 15) is 9.59 Å². The molecule has 1 rings (SSSR count). The maximum atomic E-state index is 12.0. The van der Waals surface area contributed by atoms with Crippen LogP contribution in [0.5, 0.6) is 0 Å². The summed E-state index contributed by atoms with van der Waals surface area (Å²) >= 11 is 0. The van der Waals surface area contributed by atoms with Gasteiger partial charge in [0.2, 0.25) is 0 Å². The van der Waals surface area contributed by atoms with Crippen LogP contribution in [0.1, 0.15) is 50.0 Å². The fourth-order valence-corrected chi connectivity index (χ4v) is 2.67. The quantitative estimate of drug-likeness (QED) is 0.321. The fraction of sp³-hybridized carbons (Fsp3) is 0.556. The van der Waals surface area contributed by atoms with Crippen molar-refractivity contribution in [3.8, 4) is 0 Å². The first kappa shape index (κ1) is 19.6. The number of esters is 1. The number of rotatable bonds is 7. The van der Waals surface area contributed by atoms with E-state index >= 15 is 0 Å². The highest BCUT2D eigenvalue weighted by Crippen LogP contribution is 2.37. The van der Waals surface area contributed by atoms with E-state index in [1.165, 1.54) is 0 Å². The molecule has 0 saturated heterocycles. The van der Waals surface area contributed by atoms with Gasteiger partial charge in [0.15, 0.2) is 14.1 Å². The summed E-state index contributed by atoms with van der Waals surface area (Å²) in [5, 5.41) is 0.169. The number of Topliss-reactive ketones (excluding diaryl/α,β-unsaturated/α-hetero) is 1. The Labute approximate surface area is 140 Å². The Morgan fingerprint density at radius 2 is 1.65 bits per heavy atom. The standard InChI is InChI=1S/C18H28O4Si/c1-7-21-17(20)12-16(19)15-10-8-14(9-11-15)13-22-23(5,6)18(2,3)4/h8-11H,7,12-13H2,1-6H3. The third kappa shape index (κ3) is 5.92. The zero-order valence-corrected chi connectivity index (χ0v) is 16.1. The van der Waals surface area contributed by atoms with Crippen molar-refractivity contribution in [3.05, 3.63) is 35.4 Å². The van der Waals surface area contributed by atoms with Crippen molar-refractivity contribution in [3.63, 3.8) is 0 Å². The number of carbonyl (C=O) groups excluding carboxylic acids is 2. The summed E-state index contributed by atoms with van der Waals surface area (Å²) in [6.45, 7) is 13.6. The molecule has 0 atom stereocenters. The number of hydrogen-bond donors (Lipinski definition) is 0. The Bertz CT molecular complexity index is 541. The van der Waals surface area contributed by atoms with Crippen molar-refractivity contribution < 1.29 is 18.8 Å². The van der Waals surface area contributed by atoms with Crippen molar-refractivity contribution in [2.45, 2.75) is 58.9 Å². The van der Waals surface area contributed by atoms with Gasteiger partial charge in [-0.3, -0.25) is 9.59 Å². The van der Waals surface area contributed by atoms with E-state index in [4.69, 9.17) is 9.16 Å². The molecule has 0 aromatic heterocycles. The van der Waals surface area contributed by atoms with Gasteiger partial charge in [-0.25, -0.2) is 0 Å². The lowest BCUT2D eigenvalue weighted by molar-refractivity contribution is -0.141. The number of ether oxygens (including phenoxy) is 1. The Hall–Kier alpha value is -1.46. The second kappa shape index (κ2) is 7.88. The van der Waals surface area contributed by atoms with Gasteiger partial charge in [0, 0.05) is 5.56 Å². The highest BCUT2D eigenvalue weighted by Gasteiger charge is 2.36. The third-order valence-corrected chi connectivity index (χ3v) is 8.77. The van der Waals surface area contributed by atoms with Gasteiger partial charge in [-0.15, -0.1) is 0 Å². The molecule has 0 saturated carbocycles. The van der Waals surface area contributed by atoms with Crippen molar-refractivity contribution in [2.75, 3.05) is 6.61 Å². The molecule has 0 fully saturated rings. The van der Waals surface area contributed by atoms with E-state index in [1.54, 1.807) is 19.1 Å². The number of carbonyl (C=O) groups is 2. The normalized spacial score (nSPS) is 12.1. The van der Waals surface area contributed by atoms with Crippen molar-refractivity contribution in [1.29, 1.82) is 0 Å². The summed E-state index contributed by atoms with van der Waals surface area (Å²) < 4.78 is 10.9. The van der Waals surface area contributed by atoms with Gasteiger partial charge in [0.25, 0.3) is 0 Å². The zero-order valence-electron chi connectivity index (χ0n) is 15.1. The zero-order chi connectivity index (χ0) is 17.7. The molecule has 0 radical (unpaired) electrons. The lowest BCUT2D eigenvalue weighted by atomic mass is 10.1. The van der Waals surface area contributed by atoms with E-state index in [-0.39, 0.29) is 23.8 Å². The molecule has 0 bridgehead atoms. The van der Waals surface area contributed by atoms with Gasteiger partial charge in [-0.1, -0.05) is 45.0 Å². The molecule has 0 aliphatic heterocycles. The minimum atomic E-state index is -1.78. The number of benzene rings is 1. The molecule has 0 aliphatic rings. The maximum Gasteiger partial charge on any atom is 0.313 e. The van der Waals surface area contributed by atoms with Crippen LogP contribution >= 0.6 is 0 Å². The highest BCUT2D eigenvalue weighted by atomic mass is 28.4. The van der Waals surface area contributed by atoms with Crippen LogP contribution in [0.2, 0.25) is 18.1 Å². The first-order valence-corrected chi connectivity index (χ1v) is 10.9. The molecule has 0 spiro atoms. The van der Waals surface area contributed by atoms with E-state index < -0.39 is 14.3 Å². The molecule has 0 heterocycles. The molecule has 0 amide bonds. The van der Waals surface area contributed by atoms with Crippen LogP contribution in [-0.4, -0.2) is 26.7 Å². The van der Waals surface area contributed by atoms with Crippen LogP contribution in [0.3, 0.4) is 0 Å². The molecule has 0 unspecified atom stereocenters. The van der Waals surface area contributed by atoms with Gasteiger partial charge >= 0.3 is 5.97 Å². The summed E-state index contributed by atoms with van der Waals surface area (Å²) in [6.07, 6.45) is -0.215. The van der Waals surface area contributed by atoms with Gasteiger partial charge in [0.1, 0.15) is 6.42 Å². The molecular formula is C18H28O4Si. The Kier molecular flexibility index (Phi) is 6.71. The average molecular weight is 337 g/mol. The Balaban J connectivity index is 2.63. The van der Waals surface area contributed by atoms with Gasteiger partial charge < -0.3 is 9.16 Å². The number of hydrogen-bond acceptors (Lipinski definition) is 4. The van der Waals surface area contributed by atoms with Crippen molar-refractivity contribution >= 4 is 20.1 Å². The van der Waals surface area contributed by atoms with E-state index in [0.29, 0.717) is 12.2 Å². The third-order valence-electron chi connectivity index (χ3n) is 4.29. The predicted molar refractivity (Wildman–Crippen MR) is 94.0 cm³/mol. The smallest absolute Gasteiger partial charge is 0.313 e. The molecule has 128 valence electrons. The van der Waals surface area contributed by atoms with Crippen LogP contribution in [0, 0.1) is 0 Å². The second-order valence-electron chi connectivity index (χ2n) is 7.15. The fourth-order valence-electron chi connectivity index (χ4n) is 1.71. The van der Waals surface area contributed by atoms with Crippen molar-refractivity contribution in [1.82, 2.24) is 0 Å². The SMILES string of the molecule is CCOC(=O)CC(=O)c1ccc(CO[Si](C)(C)C(C)(C)C)cc1. The first-order valence-electron chi connectivity index (χ1n) is 7.98. The van der Waals surface area contributed by atoms with E-state index in [0.717, 1.165) is 5.56 Å². The van der Waals surface area contributed by atoms with E-state index in [1.807, 2.05) is 12.1 Å². The Morgan fingerprint density at radius 3 is 2.13 bits per heavy atom. The second-order valence-corrected chi connectivity index (χ2v) is 12.0. The monoisotopic (exact) mass is 336 g/mol. The van der Waals surface area contributed by atoms with Crippen LogP contribution in [0.15, 0.2) is 24.3 Å². The highest BCUT2D eigenvalue weighted by molar-refractivity contribution is 6.74. The lowest BCUT2D eigenvalue weighted by Crippen LogP contribution is -2.40. The van der Waals surface area contributed by atoms with Gasteiger partial charge in [-0.2, -0.15) is 0 Å². The minimum Gasteiger partial charge on any atom is -0.466 e.